The van der Waals surface area contributed by atoms with Gasteiger partial charge in [-0.2, -0.15) is 0 Å². The van der Waals surface area contributed by atoms with E-state index in [1.54, 1.807) is 25.1 Å². The Morgan fingerprint density at radius 1 is 1.50 bits per heavy atom. The van der Waals surface area contributed by atoms with Gasteiger partial charge >= 0.3 is 0 Å². The number of benzene rings is 1. The molecule has 86 valence electrons. The number of hydrogen-bond donors (Lipinski definition) is 2. The lowest BCUT2D eigenvalue weighted by Crippen LogP contribution is -2.19. The van der Waals surface area contributed by atoms with Gasteiger partial charge in [0.1, 0.15) is 18.0 Å². The van der Waals surface area contributed by atoms with Crippen LogP contribution in [-0.4, -0.2) is 16.3 Å². The van der Waals surface area contributed by atoms with Crippen LogP contribution in [0.1, 0.15) is 37.2 Å². The molecule has 1 heterocycles. The second kappa shape index (κ2) is 3.92. The predicted octanol–water partition coefficient (Wildman–Crippen LogP) is 2.11. The fourth-order valence-corrected chi connectivity index (χ4v) is 1.90. The zero-order valence-corrected chi connectivity index (χ0v) is 9.47. The van der Waals surface area contributed by atoms with E-state index in [-0.39, 0.29) is 6.10 Å². The van der Waals surface area contributed by atoms with Crippen LogP contribution in [0.25, 0.3) is 0 Å². The van der Waals surface area contributed by atoms with E-state index in [0.717, 1.165) is 16.7 Å². The summed E-state index contributed by atoms with van der Waals surface area (Å²) in [4.78, 5) is 0. The molecule has 0 fully saturated rings. The molecule has 3 atom stereocenters. The molecular formula is C13H16O3. The summed E-state index contributed by atoms with van der Waals surface area (Å²) in [6.07, 6.45) is -1.60. The molecule has 1 aliphatic rings. The highest BCUT2D eigenvalue weighted by Gasteiger charge is 2.33. The first-order valence-corrected chi connectivity index (χ1v) is 5.32. The lowest BCUT2D eigenvalue weighted by atomic mass is 9.99. The highest BCUT2D eigenvalue weighted by Crippen LogP contribution is 2.40. The predicted molar refractivity (Wildman–Crippen MR) is 61.3 cm³/mol. The molecule has 2 N–H and O–H groups in total. The van der Waals surface area contributed by atoms with E-state index in [1.165, 1.54) is 0 Å². The van der Waals surface area contributed by atoms with Crippen molar-refractivity contribution in [3.05, 3.63) is 41.5 Å². The Morgan fingerprint density at radius 3 is 2.75 bits per heavy atom. The minimum Gasteiger partial charge on any atom is -0.483 e. The van der Waals surface area contributed by atoms with Crippen LogP contribution in [-0.2, 0) is 0 Å². The highest BCUT2D eigenvalue weighted by molar-refractivity contribution is 5.44. The molecule has 0 bridgehead atoms. The molecule has 0 aliphatic carbocycles. The first-order chi connectivity index (χ1) is 7.50. The van der Waals surface area contributed by atoms with E-state index in [9.17, 15) is 10.2 Å². The third-order valence-electron chi connectivity index (χ3n) is 2.86. The minimum atomic E-state index is -0.689. The standard InChI is InChI=1S/C13H16O3/c1-7(2)13-12(15)10-6-9(8(3)14)4-5-11(10)16-13/h4-6,8,12-15H,1H2,2-3H3/t8-,12-,13+/m0/s1. The van der Waals surface area contributed by atoms with Crippen LogP contribution in [0.5, 0.6) is 5.75 Å². The maximum atomic E-state index is 10.1. The van der Waals surface area contributed by atoms with Crippen molar-refractivity contribution >= 4 is 0 Å². The maximum absolute atomic E-state index is 10.1. The van der Waals surface area contributed by atoms with E-state index in [2.05, 4.69) is 6.58 Å². The monoisotopic (exact) mass is 220 g/mol. The molecule has 16 heavy (non-hydrogen) atoms. The third-order valence-corrected chi connectivity index (χ3v) is 2.86. The molecule has 0 saturated heterocycles. The van der Waals surface area contributed by atoms with E-state index >= 15 is 0 Å². The number of aliphatic hydroxyl groups is 2. The Bertz CT molecular complexity index is 423. The molecule has 0 amide bonds. The van der Waals surface area contributed by atoms with Crippen LogP contribution in [0.3, 0.4) is 0 Å². The molecule has 1 aromatic rings. The Hall–Kier alpha value is -1.32. The molecule has 2 rings (SSSR count). The fraction of sp³-hybridized carbons (Fsp3) is 0.385. The summed E-state index contributed by atoms with van der Waals surface area (Å²) in [5.74, 6) is 0.671. The van der Waals surface area contributed by atoms with Gasteiger partial charge < -0.3 is 14.9 Å². The molecule has 1 aromatic carbocycles. The summed E-state index contributed by atoms with van der Waals surface area (Å²) in [5.41, 5.74) is 2.30. The molecule has 3 heteroatoms. The van der Waals surface area contributed by atoms with Gasteiger partial charge in [-0.15, -0.1) is 0 Å². The van der Waals surface area contributed by atoms with Gasteiger partial charge in [0.15, 0.2) is 0 Å². The minimum absolute atomic E-state index is 0.376. The lowest BCUT2D eigenvalue weighted by molar-refractivity contribution is 0.0900. The number of hydrogen-bond acceptors (Lipinski definition) is 3. The van der Waals surface area contributed by atoms with Crippen LogP contribution in [0, 0.1) is 0 Å². The van der Waals surface area contributed by atoms with Crippen molar-refractivity contribution in [2.45, 2.75) is 32.2 Å². The van der Waals surface area contributed by atoms with Gasteiger partial charge in [0, 0.05) is 5.56 Å². The normalized spacial score (nSPS) is 24.8. The second-order valence-electron chi connectivity index (χ2n) is 4.30. The van der Waals surface area contributed by atoms with Crippen molar-refractivity contribution in [1.29, 1.82) is 0 Å². The summed E-state index contributed by atoms with van der Waals surface area (Å²) >= 11 is 0. The molecule has 0 saturated carbocycles. The SMILES string of the molecule is C=C(C)[C@H]1Oc2ccc([C@H](C)O)cc2[C@@H]1O. The largest absolute Gasteiger partial charge is 0.483 e. The average Bonchev–Trinajstić information content (AvgIpc) is 2.56. The van der Waals surface area contributed by atoms with Crippen LogP contribution in [0.2, 0.25) is 0 Å². The first kappa shape index (κ1) is 11.2. The van der Waals surface area contributed by atoms with Crippen molar-refractivity contribution in [3.8, 4) is 5.75 Å². The molecule has 0 radical (unpaired) electrons. The van der Waals surface area contributed by atoms with Gasteiger partial charge in [-0.1, -0.05) is 12.6 Å². The molecule has 0 unspecified atom stereocenters. The number of aliphatic hydroxyl groups excluding tert-OH is 2. The van der Waals surface area contributed by atoms with Crippen LogP contribution in [0.4, 0.5) is 0 Å². The van der Waals surface area contributed by atoms with Crippen LogP contribution >= 0.6 is 0 Å². The topological polar surface area (TPSA) is 49.7 Å². The van der Waals surface area contributed by atoms with Crippen molar-refractivity contribution < 1.29 is 14.9 Å². The van der Waals surface area contributed by atoms with Crippen molar-refractivity contribution in [1.82, 2.24) is 0 Å². The first-order valence-electron chi connectivity index (χ1n) is 5.32. The maximum Gasteiger partial charge on any atom is 0.149 e. The van der Waals surface area contributed by atoms with Crippen LogP contribution < -0.4 is 4.74 Å². The Labute approximate surface area is 95.0 Å². The number of ether oxygens (including phenoxy) is 1. The van der Waals surface area contributed by atoms with E-state index in [4.69, 9.17) is 4.74 Å². The third kappa shape index (κ3) is 1.72. The Balaban J connectivity index is 2.37. The zero-order valence-electron chi connectivity index (χ0n) is 9.47. The number of fused-ring (bicyclic) bond motifs is 1. The van der Waals surface area contributed by atoms with Crippen molar-refractivity contribution in [3.63, 3.8) is 0 Å². The zero-order chi connectivity index (χ0) is 11.9. The molecule has 0 spiro atoms. The molecular weight excluding hydrogens is 204 g/mol. The number of rotatable bonds is 2. The average molecular weight is 220 g/mol. The summed E-state index contributed by atoms with van der Waals surface area (Å²) in [5, 5.41) is 19.5. The van der Waals surface area contributed by atoms with Gasteiger partial charge in [-0.3, -0.25) is 0 Å². The van der Waals surface area contributed by atoms with E-state index < -0.39 is 12.2 Å². The van der Waals surface area contributed by atoms with Crippen LogP contribution in [0.15, 0.2) is 30.4 Å². The summed E-state index contributed by atoms with van der Waals surface area (Å²) in [7, 11) is 0. The summed E-state index contributed by atoms with van der Waals surface area (Å²) in [6.45, 7) is 7.32. The fourth-order valence-electron chi connectivity index (χ4n) is 1.90. The summed E-state index contributed by atoms with van der Waals surface area (Å²) < 4.78 is 5.58. The molecule has 0 aromatic heterocycles. The highest BCUT2D eigenvalue weighted by atomic mass is 16.5. The lowest BCUT2D eigenvalue weighted by Gasteiger charge is -2.13. The van der Waals surface area contributed by atoms with Gasteiger partial charge in [-0.05, 0) is 37.1 Å². The second-order valence-corrected chi connectivity index (χ2v) is 4.30. The van der Waals surface area contributed by atoms with Gasteiger partial charge in [0.25, 0.3) is 0 Å². The molecule has 3 nitrogen and oxygen atoms in total. The van der Waals surface area contributed by atoms with E-state index in [0.29, 0.717) is 5.75 Å². The van der Waals surface area contributed by atoms with Crippen molar-refractivity contribution in [2.75, 3.05) is 0 Å². The van der Waals surface area contributed by atoms with Crippen molar-refractivity contribution in [2.24, 2.45) is 0 Å². The van der Waals surface area contributed by atoms with E-state index in [1.807, 2.05) is 6.92 Å². The smallest absolute Gasteiger partial charge is 0.149 e. The Morgan fingerprint density at radius 2 is 2.19 bits per heavy atom. The quantitative estimate of drug-likeness (QED) is 0.750. The Kier molecular flexibility index (Phi) is 2.74. The van der Waals surface area contributed by atoms with Gasteiger partial charge in [0.2, 0.25) is 0 Å². The molecule has 1 aliphatic heterocycles. The van der Waals surface area contributed by atoms with Gasteiger partial charge in [0.05, 0.1) is 6.10 Å². The summed E-state index contributed by atoms with van der Waals surface area (Å²) in [6, 6.07) is 5.37. The van der Waals surface area contributed by atoms with Gasteiger partial charge in [-0.25, -0.2) is 0 Å².